The van der Waals surface area contributed by atoms with Crippen molar-refractivity contribution in [2.24, 2.45) is 0 Å². The van der Waals surface area contributed by atoms with Crippen LogP contribution in [-0.2, 0) is 4.79 Å². The van der Waals surface area contributed by atoms with Crippen molar-refractivity contribution >= 4 is 17.5 Å². The molecule has 58 valence electrons. The van der Waals surface area contributed by atoms with Gasteiger partial charge in [-0.15, -0.1) is 11.6 Å². The molecule has 2 nitrogen and oxygen atoms in total. The van der Waals surface area contributed by atoms with Crippen molar-refractivity contribution in [3.63, 3.8) is 0 Å². The van der Waals surface area contributed by atoms with Crippen molar-refractivity contribution in [2.45, 2.75) is 11.3 Å². The zero-order valence-corrected chi connectivity index (χ0v) is 5.41. The van der Waals surface area contributed by atoms with Crippen LogP contribution in [0.15, 0.2) is 0 Å². The number of hydrogen-bond donors (Lipinski definition) is 0. The van der Waals surface area contributed by atoms with Crippen molar-refractivity contribution in [2.75, 3.05) is 6.54 Å². The van der Waals surface area contributed by atoms with E-state index < -0.39 is 28.9 Å². The molecule has 1 rings (SSSR count). The number of amides is 1. The van der Waals surface area contributed by atoms with E-state index in [1.54, 1.807) is 0 Å². The Balaban J connectivity index is 2.85. The van der Waals surface area contributed by atoms with Crippen LogP contribution in [0.2, 0.25) is 0 Å². The lowest BCUT2D eigenvalue weighted by Gasteiger charge is -2.06. The summed E-state index contributed by atoms with van der Waals surface area (Å²) >= 11 is 4.94. The molecule has 0 saturated carbocycles. The summed E-state index contributed by atoms with van der Waals surface area (Å²) in [6, 6.07) is 0. The zero-order valence-electron chi connectivity index (χ0n) is 4.65. The SMILES string of the molecule is O=C1N(F)CC(Cl)C1(F)F. The van der Waals surface area contributed by atoms with Crippen LogP contribution in [0, 0.1) is 0 Å². The first-order valence-corrected chi connectivity index (χ1v) is 2.89. The topological polar surface area (TPSA) is 20.3 Å². The molecule has 10 heavy (non-hydrogen) atoms. The molecule has 1 unspecified atom stereocenters. The Morgan fingerprint density at radius 3 is 2.30 bits per heavy atom. The van der Waals surface area contributed by atoms with E-state index in [2.05, 4.69) is 0 Å². The summed E-state index contributed by atoms with van der Waals surface area (Å²) in [4.78, 5) is 10.2. The Kier molecular flexibility index (Phi) is 1.54. The fourth-order valence-electron chi connectivity index (χ4n) is 0.634. The van der Waals surface area contributed by atoms with E-state index in [0.29, 0.717) is 0 Å². The van der Waals surface area contributed by atoms with E-state index in [-0.39, 0.29) is 0 Å². The average molecular weight is 174 g/mol. The predicted molar refractivity (Wildman–Crippen MR) is 27.4 cm³/mol. The first-order valence-electron chi connectivity index (χ1n) is 2.46. The lowest BCUT2D eigenvalue weighted by atomic mass is 10.3. The first-order chi connectivity index (χ1) is 4.46. The zero-order chi connectivity index (χ0) is 7.94. The van der Waals surface area contributed by atoms with Gasteiger partial charge in [0.25, 0.3) is 0 Å². The van der Waals surface area contributed by atoms with Crippen LogP contribution in [0.3, 0.4) is 0 Å². The summed E-state index contributed by atoms with van der Waals surface area (Å²) in [7, 11) is 0. The second-order valence-corrected chi connectivity index (χ2v) is 2.47. The quantitative estimate of drug-likeness (QED) is 0.395. The highest BCUT2D eigenvalue weighted by Crippen LogP contribution is 2.32. The fourth-order valence-corrected chi connectivity index (χ4v) is 0.849. The number of carbonyl (C=O) groups excluding carboxylic acids is 1. The molecule has 0 aromatic carbocycles. The molecule has 0 N–H and O–H groups in total. The smallest absolute Gasteiger partial charge is 0.265 e. The van der Waals surface area contributed by atoms with E-state index in [0.717, 1.165) is 0 Å². The van der Waals surface area contributed by atoms with Crippen LogP contribution in [-0.4, -0.2) is 28.9 Å². The molecule has 1 fully saturated rings. The Bertz CT molecular complexity index is 174. The van der Waals surface area contributed by atoms with E-state index in [9.17, 15) is 18.1 Å². The molecular formula is C4H3ClF3NO. The lowest BCUT2D eigenvalue weighted by molar-refractivity contribution is -0.158. The Hall–Kier alpha value is -0.450. The Morgan fingerprint density at radius 1 is 1.70 bits per heavy atom. The minimum Gasteiger partial charge on any atom is -0.265 e. The lowest BCUT2D eigenvalue weighted by Crippen LogP contribution is -2.32. The molecule has 1 heterocycles. The second-order valence-electron chi connectivity index (χ2n) is 1.94. The van der Waals surface area contributed by atoms with Crippen molar-refractivity contribution in [1.82, 2.24) is 5.12 Å². The number of hydrogen-bond acceptors (Lipinski definition) is 1. The summed E-state index contributed by atoms with van der Waals surface area (Å²) in [6.07, 6.45) is 0. The summed E-state index contributed by atoms with van der Waals surface area (Å²) < 4.78 is 36.4. The maximum atomic E-state index is 12.2. The van der Waals surface area contributed by atoms with Crippen LogP contribution in [0.4, 0.5) is 13.3 Å². The average Bonchev–Trinajstić information content (AvgIpc) is 1.97. The van der Waals surface area contributed by atoms with Gasteiger partial charge in [-0.05, 0) is 0 Å². The van der Waals surface area contributed by atoms with Crippen LogP contribution < -0.4 is 0 Å². The van der Waals surface area contributed by atoms with E-state index in [1.165, 1.54) is 0 Å². The summed E-state index contributed by atoms with van der Waals surface area (Å²) in [5.74, 6) is -5.59. The first kappa shape index (κ1) is 7.65. The summed E-state index contributed by atoms with van der Waals surface area (Å²) in [5, 5.41) is -2.32. The monoisotopic (exact) mass is 173 g/mol. The molecular weight excluding hydrogens is 170 g/mol. The van der Waals surface area contributed by atoms with Gasteiger partial charge in [0, 0.05) is 0 Å². The maximum absolute atomic E-state index is 12.2. The van der Waals surface area contributed by atoms with Gasteiger partial charge in [-0.1, -0.05) is 4.48 Å². The number of carbonyl (C=O) groups is 1. The molecule has 1 saturated heterocycles. The minimum absolute atomic E-state index is 0.572. The van der Waals surface area contributed by atoms with Crippen LogP contribution in [0.1, 0.15) is 0 Å². The number of alkyl halides is 3. The molecule has 0 aromatic heterocycles. The van der Waals surface area contributed by atoms with Crippen molar-refractivity contribution < 1.29 is 18.1 Å². The molecule has 1 aliphatic rings. The molecule has 0 aromatic rings. The third-order valence-corrected chi connectivity index (χ3v) is 1.63. The van der Waals surface area contributed by atoms with Crippen LogP contribution >= 0.6 is 11.6 Å². The molecule has 0 bridgehead atoms. The van der Waals surface area contributed by atoms with Crippen molar-refractivity contribution in [1.29, 1.82) is 0 Å². The molecule has 1 aliphatic heterocycles. The normalized spacial score (nSPS) is 31.4. The molecule has 0 spiro atoms. The number of halogens is 4. The minimum atomic E-state index is -3.74. The molecule has 6 heteroatoms. The Morgan fingerprint density at radius 2 is 2.20 bits per heavy atom. The van der Waals surface area contributed by atoms with Gasteiger partial charge in [0.05, 0.1) is 6.54 Å². The van der Waals surface area contributed by atoms with Crippen molar-refractivity contribution in [3.05, 3.63) is 0 Å². The predicted octanol–water partition coefficient (Wildman–Crippen LogP) is 0.956. The van der Waals surface area contributed by atoms with Crippen molar-refractivity contribution in [3.8, 4) is 0 Å². The molecule has 0 radical (unpaired) electrons. The molecule has 0 aliphatic carbocycles. The van der Waals surface area contributed by atoms with Gasteiger partial charge in [-0.3, -0.25) is 4.79 Å². The van der Waals surface area contributed by atoms with Gasteiger partial charge >= 0.3 is 11.8 Å². The van der Waals surface area contributed by atoms with Crippen LogP contribution in [0.25, 0.3) is 0 Å². The molecule has 1 amide bonds. The van der Waals surface area contributed by atoms with E-state index in [1.807, 2.05) is 0 Å². The summed E-state index contributed by atoms with van der Waals surface area (Å²) in [5.41, 5.74) is 0. The van der Waals surface area contributed by atoms with Gasteiger partial charge < -0.3 is 0 Å². The Labute approximate surface area is 59.5 Å². The molecule has 1 atom stereocenters. The third kappa shape index (κ3) is 0.847. The van der Waals surface area contributed by atoms with Gasteiger partial charge in [-0.25, -0.2) is 0 Å². The third-order valence-electron chi connectivity index (χ3n) is 1.22. The van der Waals surface area contributed by atoms with Gasteiger partial charge in [0.2, 0.25) is 0 Å². The van der Waals surface area contributed by atoms with E-state index in [4.69, 9.17) is 11.6 Å². The van der Waals surface area contributed by atoms with E-state index >= 15 is 0 Å². The summed E-state index contributed by atoms with van der Waals surface area (Å²) in [6.45, 7) is -0.743. The fraction of sp³-hybridized carbons (Fsp3) is 0.750. The van der Waals surface area contributed by atoms with Gasteiger partial charge in [0.15, 0.2) is 0 Å². The highest BCUT2D eigenvalue weighted by molar-refractivity contribution is 6.24. The number of rotatable bonds is 0. The van der Waals surface area contributed by atoms with Gasteiger partial charge in [-0.2, -0.15) is 13.9 Å². The largest absolute Gasteiger partial charge is 0.344 e. The highest BCUT2D eigenvalue weighted by atomic mass is 35.5. The highest BCUT2D eigenvalue weighted by Gasteiger charge is 2.56. The number of nitrogens with zero attached hydrogens (tertiary/aromatic N) is 1. The van der Waals surface area contributed by atoms with Gasteiger partial charge in [0.1, 0.15) is 5.38 Å². The van der Waals surface area contributed by atoms with Crippen LogP contribution in [0.5, 0.6) is 0 Å². The maximum Gasteiger partial charge on any atom is 0.344 e. The standard InChI is InChI=1S/C4H3ClF3NO/c5-2-1-9(8)3(10)4(2,6)7/h2H,1H2. The second kappa shape index (κ2) is 2.02.